The number of amides is 1. The largest absolute Gasteiger partial charge is 0.450 e. The fourth-order valence-corrected chi connectivity index (χ4v) is 4.08. The molecular formula is C18H16ClNO4S2. The van der Waals surface area contributed by atoms with Crippen LogP contribution in [0.1, 0.15) is 15.4 Å². The van der Waals surface area contributed by atoms with E-state index in [9.17, 15) is 9.59 Å². The van der Waals surface area contributed by atoms with Crippen molar-refractivity contribution in [1.82, 2.24) is 5.32 Å². The first kappa shape index (κ1) is 18.8. The summed E-state index contributed by atoms with van der Waals surface area (Å²) < 4.78 is 10.4. The van der Waals surface area contributed by atoms with Crippen molar-refractivity contribution in [3.05, 3.63) is 57.4 Å². The van der Waals surface area contributed by atoms with Gasteiger partial charge < -0.3 is 14.5 Å². The molecule has 0 saturated heterocycles. The summed E-state index contributed by atoms with van der Waals surface area (Å²) in [7, 11) is 0. The number of fused-ring (bicyclic) bond motifs is 1. The second kappa shape index (κ2) is 9.12. The van der Waals surface area contributed by atoms with Crippen LogP contribution in [0.2, 0.25) is 5.02 Å². The predicted molar refractivity (Wildman–Crippen MR) is 105 cm³/mol. The third kappa shape index (κ3) is 5.27. The van der Waals surface area contributed by atoms with Crippen LogP contribution in [0, 0.1) is 0 Å². The quantitative estimate of drug-likeness (QED) is 0.442. The standard InChI is InChI=1S/C18H16ClNO4S2/c19-13-3-4-15-12(8-13)9-16(24-15)18(22)23-10-17(21)20-5-7-25-11-14-2-1-6-26-14/h1-4,6,8-9H,5,7,10-11H2,(H,20,21). The molecule has 0 fully saturated rings. The topological polar surface area (TPSA) is 68.5 Å². The van der Waals surface area contributed by atoms with Gasteiger partial charge in [-0.2, -0.15) is 11.8 Å². The van der Waals surface area contributed by atoms with Crippen LogP contribution in [0.25, 0.3) is 11.0 Å². The molecule has 0 aliphatic carbocycles. The van der Waals surface area contributed by atoms with E-state index in [0.29, 0.717) is 22.5 Å². The Hall–Kier alpha value is -1.96. The minimum absolute atomic E-state index is 0.0431. The van der Waals surface area contributed by atoms with Gasteiger partial charge in [0, 0.05) is 33.3 Å². The normalized spacial score (nSPS) is 10.8. The summed E-state index contributed by atoms with van der Waals surface area (Å²) in [5.41, 5.74) is 0.536. The Morgan fingerprint density at radius 1 is 1.27 bits per heavy atom. The van der Waals surface area contributed by atoms with E-state index in [1.807, 2.05) is 11.4 Å². The maximum atomic E-state index is 12.0. The number of thiophene rings is 1. The molecule has 136 valence electrons. The van der Waals surface area contributed by atoms with Crippen LogP contribution in [0.15, 0.2) is 46.2 Å². The van der Waals surface area contributed by atoms with E-state index in [4.69, 9.17) is 20.8 Å². The van der Waals surface area contributed by atoms with Crippen LogP contribution in [0.5, 0.6) is 0 Å². The van der Waals surface area contributed by atoms with E-state index in [0.717, 1.165) is 11.5 Å². The van der Waals surface area contributed by atoms with E-state index >= 15 is 0 Å². The molecule has 8 heteroatoms. The molecule has 2 aromatic heterocycles. The molecule has 0 radical (unpaired) electrons. The van der Waals surface area contributed by atoms with Crippen molar-refractivity contribution in [3.63, 3.8) is 0 Å². The number of benzene rings is 1. The summed E-state index contributed by atoms with van der Waals surface area (Å²) in [6.45, 7) is 0.182. The molecule has 3 aromatic rings. The zero-order chi connectivity index (χ0) is 18.4. The average Bonchev–Trinajstić information content (AvgIpc) is 3.28. The highest BCUT2D eigenvalue weighted by Gasteiger charge is 2.15. The van der Waals surface area contributed by atoms with Crippen LogP contribution < -0.4 is 5.32 Å². The number of hydrogen-bond acceptors (Lipinski definition) is 6. The number of hydrogen-bond donors (Lipinski definition) is 1. The lowest BCUT2D eigenvalue weighted by atomic mass is 10.2. The third-order valence-electron chi connectivity index (χ3n) is 3.41. The van der Waals surface area contributed by atoms with Gasteiger partial charge >= 0.3 is 5.97 Å². The third-order valence-corrected chi connectivity index (χ3v) is 5.71. The molecule has 0 aliphatic rings. The first-order chi connectivity index (χ1) is 12.6. The number of ether oxygens (including phenoxy) is 1. The molecule has 5 nitrogen and oxygen atoms in total. The van der Waals surface area contributed by atoms with Gasteiger partial charge in [-0.1, -0.05) is 17.7 Å². The summed E-state index contributed by atoms with van der Waals surface area (Å²) >= 11 is 9.35. The van der Waals surface area contributed by atoms with Crippen molar-refractivity contribution in [2.45, 2.75) is 5.75 Å². The monoisotopic (exact) mass is 409 g/mol. The SMILES string of the molecule is O=C(COC(=O)c1cc2cc(Cl)ccc2o1)NCCSCc1cccs1. The highest BCUT2D eigenvalue weighted by Crippen LogP contribution is 2.23. The zero-order valence-electron chi connectivity index (χ0n) is 13.7. The van der Waals surface area contributed by atoms with Gasteiger partial charge in [-0.15, -0.1) is 11.3 Å². The maximum Gasteiger partial charge on any atom is 0.374 e. The summed E-state index contributed by atoms with van der Waals surface area (Å²) in [6.07, 6.45) is 0. The van der Waals surface area contributed by atoms with E-state index in [1.165, 1.54) is 4.88 Å². The van der Waals surface area contributed by atoms with Crippen molar-refractivity contribution in [3.8, 4) is 0 Å². The molecule has 0 bridgehead atoms. The Labute approximate surface area is 163 Å². The number of halogens is 1. The molecule has 1 aromatic carbocycles. The number of esters is 1. The first-order valence-electron chi connectivity index (χ1n) is 7.85. The summed E-state index contributed by atoms with van der Waals surface area (Å²) in [6, 6.07) is 10.7. The van der Waals surface area contributed by atoms with Crippen LogP contribution in [0.4, 0.5) is 0 Å². The summed E-state index contributed by atoms with van der Waals surface area (Å²) in [4.78, 5) is 25.0. The van der Waals surface area contributed by atoms with Crippen LogP contribution in [-0.4, -0.2) is 30.8 Å². The smallest absolute Gasteiger partial charge is 0.374 e. The van der Waals surface area contributed by atoms with Gasteiger partial charge in [-0.25, -0.2) is 4.79 Å². The molecule has 0 unspecified atom stereocenters. The molecule has 2 heterocycles. The lowest BCUT2D eigenvalue weighted by Crippen LogP contribution is -2.30. The van der Waals surface area contributed by atoms with Crippen LogP contribution in [-0.2, 0) is 15.3 Å². The molecular weight excluding hydrogens is 394 g/mol. The Bertz CT molecular complexity index is 892. The van der Waals surface area contributed by atoms with E-state index in [2.05, 4.69) is 11.4 Å². The van der Waals surface area contributed by atoms with Crippen molar-refractivity contribution in [2.24, 2.45) is 0 Å². The summed E-state index contributed by atoms with van der Waals surface area (Å²) in [5.74, 6) is 0.746. The Morgan fingerprint density at radius 2 is 2.15 bits per heavy atom. The number of nitrogens with one attached hydrogen (secondary N) is 1. The number of rotatable bonds is 8. The zero-order valence-corrected chi connectivity index (χ0v) is 16.1. The van der Waals surface area contributed by atoms with E-state index in [1.54, 1.807) is 47.4 Å². The predicted octanol–water partition coefficient (Wildman–Crippen LogP) is 4.35. The fraction of sp³-hybridized carbons (Fsp3) is 0.222. The molecule has 3 rings (SSSR count). The second-order valence-corrected chi connectivity index (χ2v) is 7.92. The van der Waals surface area contributed by atoms with Crippen molar-refractivity contribution in [2.75, 3.05) is 18.9 Å². The molecule has 26 heavy (non-hydrogen) atoms. The maximum absolute atomic E-state index is 12.0. The van der Waals surface area contributed by atoms with E-state index < -0.39 is 5.97 Å². The molecule has 0 saturated carbocycles. The Morgan fingerprint density at radius 3 is 2.96 bits per heavy atom. The number of carbonyl (C=O) groups is 2. The van der Waals surface area contributed by atoms with E-state index in [-0.39, 0.29) is 18.3 Å². The van der Waals surface area contributed by atoms with Gasteiger partial charge in [0.25, 0.3) is 5.91 Å². The lowest BCUT2D eigenvalue weighted by molar-refractivity contribution is -0.124. The fourth-order valence-electron chi connectivity index (χ4n) is 2.20. The van der Waals surface area contributed by atoms with Crippen molar-refractivity contribution >= 4 is 57.5 Å². The number of carbonyl (C=O) groups excluding carboxylic acids is 2. The first-order valence-corrected chi connectivity index (χ1v) is 10.3. The summed E-state index contributed by atoms with van der Waals surface area (Å²) in [5, 5.41) is 6.02. The minimum Gasteiger partial charge on any atom is -0.450 e. The lowest BCUT2D eigenvalue weighted by Gasteiger charge is -2.05. The molecule has 1 N–H and O–H groups in total. The molecule has 0 spiro atoms. The molecule has 0 atom stereocenters. The molecule has 1 amide bonds. The second-order valence-electron chi connectivity index (χ2n) is 5.35. The number of furan rings is 1. The Kier molecular flexibility index (Phi) is 6.60. The minimum atomic E-state index is -0.681. The van der Waals surface area contributed by atoms with Crippen molar-refractivity contribution in [1.29, 1.82) is 0 Å². The number of thioether (sulfide) groups is 1. The highest BCUT2D eigenvalue weighted by molar-refractivity contribution is 7.98. The van der Waals surface area contributed by atoms with Crippen LogP contribution in [0.3, 0.4) is 0 Å². The van der Waals surface area contributed by atoms with Gasteiger partial charge in [0.05, 0.1) is 0 Å². The highest BCUT2D eigenvalue weighted by atomic mass is 35.5. The molecule has 0 aliphatic heterocycles. The van der Waals surface area contributed by atoms with Gasteiger partial charge in [0.15, 0.2) is 6.61 Å². The van der Waals surface area contributed by atoms with Gasteiger partial charge in [-0.3, -0.25) is 4.79 Å². The van der Waals surface area contributed by atoms with Gasteiger partial charge in [0.2, 0.25) is 5.76 Å². The van der Waals surface area contributed by atoms with Gasteiger partial charge in [0.1, 0.15) is 5.58 Å². The van der Waals surface area contributed by atoms with Gasteiger partial charge in [-0.05, 0) is 35.7 Å². The Balaban J connectivity index is 1.37. The van der Waals surface area contributed by atoms with Crippen molar-refractivity contribution < 1.29 is 18.7 Å². The average molecular weight is 410 g/mol. The van der Waals surface area contributed by atoms with Crippen LogP contribution >= 0.6 is 34.7 Å².